The van der Waals surface area contributed by atoms with Gasteiger partial charge in [-0.2, -0.15) is 0 Å². The molecule has 0 saturated heterocycles. The van der Waals surface area contributed by atoms with E-state index in [1.54, 1.807) is 7.11 Å². The first-order chi connectivity index (χ1) is 13.1. The van der Waals surface area contributed by atoms with Gasteiger partial charge in [-0.1, -0.05) is 52.3 Å². The van der Waals surface area contributed by atoms with Gasteiger partial charge in [-0.3, -0.25) is 0 Å². The van der Waals surface area contributed by atoms with E-state index in [4.69, 9.17) is 9.47 Å². The van der Waals surface area contributed by atoms with Crippen molar-refractivity contribution in [1.82, 2.24) is 0 Å². The van der Waals surface area contributed by atoms with Crippen LogP contribution in [0.2, 0.25) is 0 Å². The Hall–Kier alpha value is -2.46. The average Bonchev–Trinajstić information content (AvgIpc) is 2.69. The Labute approximate surface area is 169 Å². The Morgan fingerprint density at radius 3 is 2.37 bits per heavy atom. The summed E-state index contributed by atoms with van der Waals surface area (Å²) in [5.74, 6) is 1.45. The van der Waals surface area contributed by atoms with E-state index < -0.39 is 0 Å². The van der Waals surface area contributed by atoms with Crippen LogP contribution in [0.25, 0.3) is 0 Å². The van der Waals surface area contributed by atoms with E-state index in [2.05, 4.69) is 53.3 Å². The molecule has 0 aromatic heterocycles. The Kier molecular flexibility index (Phi) is 6.40. The van der Waals surface area contributed by atoms with Crippen LogP contribution in [0.1, 0.15) is 22.3 Å². The molecular formula is C23H24BrNO2. The summed E-state index contributed by atoms with van der Waals surface area (Å²) in [4.78, 5) is 0. The van der Waals surface area contributed by atoms with Crippen LogP contribution in [0.5, 0.6) is 11.5 Å². The van der Waals surface area contributed by atoms with Crippen LogP contribution in [-0.4, -0.2) is 7.11 Å². The summed E-state index contributed by atoms with van der Waals surface area (Å²) >= 11 is 3.66. The summed E-state index contributed by atoms with van der Waals surface area (Å²) in [6.45, 7) is 5.44. The molecule has 140 valence electrons. The number of halogens is 1. The zero-order valence-electron chi connectivity index (χ0n) is 15.9. The second kappa shape index (κ2) is 8.96. The summed E-state index contributed by atoms with van der Waals surface area (Å²) in [6.07, 6.45) is 0. The van der Waals surface area contributed by atoms with Gasteiger partial charge in [0.15, 0.2) is 11.5 Å². The molecule has 0 fully saturated rings. The average molecular weight is 426 g/mol. The molecule has 3 rings (SSSR count). The fourth-order valence-corrected chi connectivity index (χ4v) is 3.23. The van der Waals surface area contributed by atoms with Crippen molar-refractivity contribution in [3.63, 3.8) is 0 Å². The molecule has 1 N–H and O–H groups in total. The topological polar surface area (TPSA) is 30.5 Å². The molecule has 0 saturated carbocycles. The molecule has 0 aliphatic rings. The lowest BCUT2D eigenvalue weighted by molar-refractivity contribution is 0.284. The first-order valence-electron chi connectivity index (χ1n) is 8.91. The molecule has 0 aliphatic carbocycles. The van der Waals surface area contributed by atoms with Gasteiger partial charge >= 0.3 is 0 Å². The standard InChI is InChI=1S/C23H24BrNO2/c1-16-9-10-20(11-17(16)2)25-14-19-12-22(26-3)23(13-21(19)24)27-15-18-7-5-4-6-8-18/h4-13,25H,14-15H2,1-3H3. The SMILES string of the molecule is COc1cc(CNc2ccc(C)c(C)c2)c(Br)cc1OCc1ccccc1. The third-order valence-electron chi connectivity index (χ3n) is 4.56. The van der Waals surface area contributed by atoms with Gasteiger partial charge in [0, 0.05) is 16.7 Å². The highest BCUT2D eigenvalue weighted by Gasteiger charge is 2.11. The maximum absolute atomic E-state index is 5.97. The normalized spacial score (nSPS) is 10.5. The van der Waals surface area contributed by atoms with Crippen molar-refractivity contribution in [3.05, 3.63) is 87.4 Å². The van der Waals surface area contributed by atoms with Crippen molar-refractivity contribution in [1.29, 1.82) is 0 Å². The molecule has 3 nitrogen and oxygen atoms in total. The van der Waals surface area contributed by atoms with E-state index in [0.29, 0.717) is 13.2 Å². The minimum atomic E-state index is 0.504. The Bertz CT molecular complexity index is 910. The van der Waals surface area contributed by atoms with E-state index in [-0.39, 0.29) is 0 Å². The highest BCUT2D eigenvalue weighted by Crippen LogP contribution is 2.34. The molecule has 3 aromatic carbocycles. The number of nitrogens with one attached hydrogen (secondary N) is 1. The highest BCUT2D eigenvalue weighted by molar-refractivity contribution is 9.10. The molecule has 3 aromatic rings. The fourth-order valence-electron chi connectivity index (χ4n) is 2.77. The van der Waals surface area contributed by atoms with Crippen LogP contribution < -0.4 is 14.8 Å². The smallest absolute Gasteiger partial charge is 0.162 e. The zero-order valence-corrected chi connectivity index (χ0v) is 17.5. The molecular weight excluding hydrogens is 402 g/mol. The number of methoxy groups -OCH3 is 1. The number of hydrogen-bond donors (Lipinski definition) is 1. The summed E-state index contributed by atoms with van der Waals surface area (Å²) in [5.41, 5.74) is 5.91. The van der Waals surface area contributed by atoms with Crippen LogP contribution in [0.3, 0.4) is 0 Å². The van der Waals surface area contributed by atoms with Crippen molar-refractivity contribution in [2.24, 2.45) is 0 Å². The lowest BCUT2D eigenvalue weighted by Gasteiger charge is -2.15. The first kappa shape index (κ1) is 19.3. The lowest BCUT2D eigenvalue weighted by Crippen LogP contribution is -2.03. The third kappa shape index (κ3) is 5.04. The molecule has 0 atom stereocenters. The largest absolute Gasteiger partial charge is 0.493 e. The van der Waals surface area contributed by atoms with Gasteiger partial charge < -0.3 is 14.8 Å². The maximum Gasteiger partial charge on any atom is 0.162 e. The van der Waals surface area contributed by atoms with Crippen molar-refractivity contribution in [2.75, 3.05) is 12.4 Å². The van der Waals surface area contributed by atoms with Gasteiger partial charge in [0.05, 0.1) is 7.11 Å². The van der Waals surface area contributed by atoms with Crippen LogP contribution in [0, 0.1) is 13.8 Å². The van der Waals surface area contributed by atoms with Crippen molar-refractivity contribution < 1.29 is 9.47 Å². The molecule has 0 heterocycles. The molecule has 0 amide bonds. The number of hydrogen-bond acceptors (Lipinski definition) is 3. The van der Waals surface area contributed by atoms with E-state index >= 15 is 0 Å². The third-order valence-corrected chi connectivity index (χ3v) is 5.30. The molecule has 0 bridgehead atoms. The summed E-state index contributed by atoms with van der Waals surface area (Å²) < 4.78 is 12.5. The van der Waals surface area contributed by atoms with Crippen molar-refractivity contribution in [2.45, 2.75) is 27.0 Å². The van der Waals surface area contributed by atoms with E-state index in [1.165, 1.54) is 11.1 Å². The lowest BCUT2D eigenvalue weighted by atomic mass is 10.1. The Morgan fingerprint density at radius 1 is 0.889 bits per heavy atom. The Morgan fingerprint density at radius 2 is 1.67 bits per heavy atom. The predicted molar refractivity (Wildman–Crippen MR) is 115 cm³/mol. The van der Waals surface area contributed by atoms with Crippen molar-refractivity contribution in [3.8, 4) is 11.5 Å². The zero-order chi connectivity index (χ0) is 19.2. The van der Waals surface area contributed by atoms with E-state index in [1.807, 2.05) is 42.5 Å². The molecule has 0 unspecified atom stereocenters. The number of aryl methyl sites for hydroxylation is 2. The van der Waals surface area contributed by atoms with Crippen LogP contribution >= 0.6 is 15.9 Å². The van der Waals surface area contributed by atoms with Gasteiger partial charge in [0.1, 0.15) is 6.61 Å². The van der Waals surface area contributed by atoms with Gasteiger partial charge in [0.2, 0.25) is 0 Å². The minimum Gasteiger partial charge on any atom is -0.493 e. The first-order valence-corrected chi connectivity index (χ1v) is 9.70. The van der Waals surface area contributed by atoms with Gasteiger partial charge in [-0.05, 0) is 60.4 Å². The number of ether oxygens (including phenoxy) is 2. The number of benzene rings is 3. The second-order valence-electron chi connectivity index (χ2n) is 6.52. The number of anilines is 1. The monoisotopic (exact) mass is 425 g/mol. The fraction of sp³-hybridized carbons (Fsp3) is 0.217. The second-order valence-corrected chi connectivity index (χ2v) is 7.38. The van der Waals surface area contributed by atoms with Crippen LogP contribution in [0.15, 0.2) is 65.1 Å². The summed E-state index contributed by atoms with van der Waals surface area (Å²) in [7, 11) is 1.67. The Balaban J connectivity index is 1.72. The van der Waals surface area contributed by atoms with Gasteiger partial charge in [-0.25, -0.2) is 0 Å². The minimum absolute atomic E-state index is 0.504. The molecule has 27 heavy (non-hydrogen) atoms. The molecule has 0 spiro atoms. The molecule has 0 aliphatic heterocycles. The van der Waals surface area contributed by atoms with Gasteiger partial charge in [-0.15, -0.1) is 0 Å². The summed E-state index contributed by atoms with van der Waals surface area (Å²) in [6, 6.07) is 20.5. The van der Waals surface area contributed by atoms with E-state index in [0.717, 1.165) is 32.8 Å². The molecule has 0 radical (unpaired) electrons. The number of rotatable bonds is 7. The quantitative estimate of drug-likeness (QED) is 0.483. The van der Waals surface area contributed by atoms with E-state index in [9.17, 15) is 0 Å². The van der Waals surface area contributed by atoms with Crippen LogP contribution in [0.4, 0.5) is 5.69 Å². The maximum atomic E-state index is 5.97. The molecule has 4 heteroatoms. The highest BCUT2D eigenvalue weighted by atomic mass is 79.9. The summed E-state index contributed by atoms with van der Waals surface area (Å²) in [5, 5.41) is 3.47. The van der Waals surface area contributed by atoms with Crippen LogP contribution in [-0.2, 0) is 13.2 Å². The predicted octanol–water partition coefficient (Wildman–Crippen LogP) is 6.27. The van der Waals surface area contributed by atoms with Gasteiger partial charge in [0.25, 0.3) is 0 Å². The van der Waals surface area contributed by atoms with Crippen molar-refractivity contribution >= 4 is 21.6 Å².